The standard InChI is InChI=1S/C24H32N6O4/c31-23-27-20-21(18-7-1-2-8-19(18)26-22(20)28-23)34-15-5-9-25-24(32)30-12-10-29(11-13-30)16-17-6-3-4-14-33-17/h1-2,7-8,17H,3-6,9-16H2,(H,25,32)(H2,26,27,28,31). The van der Waals surface area contributed by atoms with Gasteiger partial charge in [0.15, 0.2) is 11.4 Å². The number of para-hydroxylation sites is 1. The molecule has 182 valence electrons. The average molecular weight is 469 g/mol. The monoisotopic (exact) mass is 468 g/mol. The molecule has 0 radical (unpaired) electrons. The number of carbonyl (C=O) groups is 1. The van der Waals surface area contributed by atoms with Crippen LogP contribution in [0, 0.1) is 0 Å². The molecule has 0 spiro atoms. The molecule has 0 aliphatic carbocycles. The lowest BCUT2D eigenvalue weighted by Crippen LogP contribution is -2.53. The number of ether oxygens (including phenoxy) is 2. The van der Waals surface area contributed by atoms with Gasteiger partial charge in [-0.1, -0.05) is 12.1 Å². The number of nitrogens with one attached hydrogen (secondary N) is 3. The van der Waals surface area contributed by atoms with Crippen molar-refractivity contribution in [2.75, 3.05) is 52.5 Å². The van der Waals surface area contributed by atoms with Crippen LogP contribution < -0.4 is 15.7 Å². The highest BCUT2D eigenvalue weighted by Crippen LogP contribution is 2.30. The summed E-state index contributed by atoms with van der Waals surface area (Å²) in [5, 5.41) is 3.84. The first-order chi connectivity index (χ1) is 16.7. The zero-order chi connectivity index (χ0) is 23.3. The molecule has 34 heavy (non-hydrogen) atoms. The Balaban J connectivity index is 1.07. The molecule has 0 saturated carbocycles. The Bertz CT molecular complexity index is 1180. The summed E-state index contributed by atoms with van der Waals surface area (Å²) in [5.41, 5.74) is 1.47. The summed E-state index contributed by atoms with van der Waals surface area (Å²) in [7, 11) is 0. The number of amides is 2. The van der Waals surface area contributed by atoms with Crippen LogP contribution in [-0.4, -0.2) is 89.4 Å². The number of urea groups is 1. The number of aromatic nitrogens is 3. The van der Waals surface area contributed by atoms with Crippen LogP contribution in [0.1, 0.15) is 25.7 Å². The van der Waals surface area contributed by atoms with Crippen molar-refractivity contribution in [3.05, 3.63) is 34.7 Å². The first-order valence-electron chi connectivity index (χ1n) is 12.2. The molecule has 10 heteroatoms. The second kappa shape index (κ2) is 10.4. The maximum absolute atomic E-state index is 12.6. The number of hydrogen-bond donors (Lipinski definition) is 3. The van der Waals surface area contributed by atoms with Gasteiger partial charge in [0.2, 0.25) is 0 Å². The van der Waals surface area contributed by atoms with E-state index >= 15 is 0 Å². The van der Waals surface area contributed by atoms with Gasteiger partial charge in [0.05, 0.1) is 18.2 Å². The van der Waals surface area contributed by atoms with Gasteiger partial charge in [-0.2, -0.15) is 0 Å². The average Bonchev–Trinajstić information content (AvgIpc) is 3.24. The minimum absolute atomic E-state index is 0.0275. The third-order valence-electron chi connectivity index (χ3n) is 6.55. The van der Waals surface area contributed by atoms with Gasteiger partial charge in [-0.3, -0.25) is 9.88 Å². The fourth-order valence-corrected chi connectivity index (χ4v) is 4.72. The van der Waals surface area contributed by atoms with Gasteiger partial charge in [-0.05, 0) is 37.8 Å². The Morgan fingerprint density at radius 3 is 2.85 bits per heavy atom. The smallest absolute Gasteiger partial charge is 0.325 e. The lowest BCUT2D eigenvalue weighted by molar-refractivity contribution is -0.0118. The van der Waals surface area contributed by atoms with Crippen molar-refractivity contribution in [1.82, 2.24) is 30.1 Å². The predicted octanol–water partition coefficient (Wildman–Crippen LogP) is 2.07. The third-order valence-corrected chi connectivity index (χ3v) is 6.55. The second-order valence-corrected chi connectivity index (χ2v) is 8.97. The molecule has 2 aliphatic rings. The summed E-state index contributed by atoms with van der Waals surface area (Å²) in [6.45, 7) is 6.01. The molecule has 2 fully saturated rings. The minimum Gasteiger partial charge on any atom is -0.490 e. The van der Waals surface area contributed by atoms with E-state index in [1.165, 1.54) is 12.8 Å². The van der Waals surface area contributed by atoms with Gasteiger partial charge in [0, 0.05) is 51.3 Å². The maximum atomic E-state index is 12.6. The fraction of sp³-hybridized carbons (Fsp3) is 0.542. The fourth-order valence-electron chi connectivity index (χ4n) is 4.72. The van der Waals surface area contributed by atoms with Crippen LogP contribution in [0.2, 0.25) is 0 Å². The minimum atomic E-state index is -0.318. The molecule has 1 aromatic carbocycles. The van der Waals surface area contributed by atoms with Crippen LogP contribution in [0.25, 0.3) is 22.1 Å². The summed E-state index contributed by atoms with van der Waals surface area (Å²) in [5.74, 6) is 0.600. The number of carbonyl (C=O) groups excluding carboxylic acids is 1. The van der Waals surface area contributed by atoms with Crippen molar-refractivity contribution < 1.29 is 14.3 Å². The molecular formula is C24H32N6O4. The molecule has 3 N–H and O–H groups in total. The van der Waals surface area contributed by atoms with Gasteiger partial charge in [0.1, 0.15) is 5.52 Å². The van der Waals surface area contributed by atoms with Crippen molar-refractivity contribution in [1.29, 1.82) is 0 Å². The van der Waals surface area contributed by atoms with Crippen molar-refractivity contribution >= 4 is 28.1 Å². The normalized spacial score (nSPS) is 19.5. The number of nitrogens with zero attached hydrogens (tertiary/aromatic N) is 3. The summed E-state index contributed by atoms with van der Waals surface area (Å²) < 4.78 is 11.9. The summed E-state index contributed by atoms with van der Waals surface area (Å²) >= 11 is 0. The van der Waals surface area contributed by atoms with E-state index in [0.717, 1.165) is 56.7 Å². The Morgan fingerprint density at radius 2 is 2.03 bits per heavy atom. The number of piperazine rings is 1. The van der Waals surface area contributed by atoms with E-state index in [2.05, 4.69) is 25.2 Å². The van der Waals surface area contributed by atoms with Gasteiger partial charge in [-0.15, -0.1) is 0 Å². The summed E-state index contributed by atoms with van der Waals surface area (Å²) in [6, 6.07) is 7.59. The van der Waals surface area contributed by atoms with E-state index in [0.29, 0.717) is 42.6 Å². The number of hydrogen-bond acceptors (Lipinski definition) is 6. The molecule has 3 aromatic rings. The van der Waals surface area contributed by atoms with E-state index in [9.17, 15) is 9.59 Å². The molecular weight excluding hydrogens is 436 g/mol. The van der Waals surface area contributed by atoms with Gasteiger partial charge in [0.25, 0.3) is 0 Å². The molecule has 4 heterocycles. The van der Waals surface area contributed by atoms with E-state index in [-0.39, 0.29) is 11.7 Å². The number of benzene rings is 1. The molecule has 0 bridgehead atoms. The Hall–Kier alpha value is -3.11. The van der Waals surface area contributed by atoms with Gasteiger partial charge in [-0.25, -0.2) is 14.6 Å². The van der Waals surface area contributed by atoms with E-state index in [1.807, 2.05) is 29.2 Å². The zero-order valence-electron chi connectivity index (χ0n) is 19.3. The number of fused-ring (bicyclic) bond motifs is 2. The second-order valence-electron chi connectivity index (χ2n) is 8.97. The summed E-state index contributed by atoms with van der Waals surface area (Å²) in [4.78, 5) is 38.5. The first-order valence-corrected chi connectivity index (χ1v) is 12.2. The van der Waals surface area contributed by atoms with Gasteiger partial charge < -0.3 is 24.7 Å². The largest absolute Gasteiger partial charge is 0.490 e. The molecule has 2 aliphatic heterocycles. The van der Waals surface area contributed by atoms with Crippen LogP contribution in [0.4, 0.5) is 4.79 Å². The van der Waals surface area contributed by atoms with Crippen molar-refractivity contribution in [3.63, 3.8) is 0 Å². The predicted molar refractivity (Wildman–Crippen MR) is 129 cm³/mol. The molecule has 2 aromatic heterocycles. The molecule has 1 unspecified atom stereocenters. The molecule has 2 saturated heterocycles. The maximum Gasteiger partial charge on any atom is 0.325 e. The van der Waals surface area contributed by atoms with Crippen LogP contribution >= 0.6 is 0 Å². The third kappa shape index (κ3) is 5.18. The van der Waals surface area contributed by atoms with E-state index < -0.39 is 0 Å². The highest BCUT2D eigenvalue weighted by atomic mass is 16.5. The van der Waals surface area contributed by atoms with Crippen LogP contribution in [0.5, 0.6) is 5.75 Å². The zero-order valence-corrected chi connectivity index (χ0v) is 19.3. The lowest BCUT2D eigenvalue weighted by atomic mass is 10.1. The van der Waals surface area contributed by atoms with Gasteiger partial charge >= 0.3 is 11.7 Å². The Labute approximate surface area is 197 Å². The summed E-state index contributed by atoms with van der Waals surface area (Å²) in [6.07, 6.45) is 4.56. The van der Waals surface area contributed by atoms with E-state index in [1.54, 1.807) is 0 Å². The highest BCUT2D eigenvalue weighted by molar-refractivity contribution is 5.97. The van der Waals surface area contributed by atoms with Crippen molar-refractivity contribution in [3.8, 4) is 5.75 Å². The van der Waals surface area contributed by atoms with Crippen molar-refractivity contribution in [2.45, 2.75) is 31.8 Å². The quantitative estimate of drug-likeness (QED) is 0.457. The number of H-pyrrole nitrogens is 2. The molecule has 10 nitrogen and oxygen atoms in total. The number of rotatable bonds is 7. The topological polar surface area (TPSA) is 116 Å². The number of aromatic amines is 2. The Kier molecular flexibility index (Phi) is 6.96. The van der Waals surface area contributed by atoms with Crippen LogP contribution in [0.3, 0.4) is 0 Å². The van der Waals surface area contributed by atoms with Crippen LogP contribution in [-0.2, 0) is 4.74 Å². The Morgan fingerprint density at radius 1 is 1.18 bits per heavy atom. The number of imidazole rings is 1. The van der Waals surface area contributed by atoms with Crippen LogP contribution in [0.15, 0.2) is 29.1 Å². The molecule has 5 rings (SSSR count). The first kappa shape index (κ1) is 22.7. The SMILES string of the molecule is O=C(NCCCOc1c2ccccc2nc2[nH]c(=O)[nH]c12)N1CCN(CC2CCCCO2)CC1. The number of pyridine rings is 1. The highest BCUT2D eigenvalue weighted by Gasteiger charge is 2.24. The molecule has 2 amide bonds. The molecule has 1 atom stereocenters. The lowest BCUT2D eigenvalue weighted by Gasteiger charge is -2.37. The van der Waals surface area contributed by atoms with Crippen molar-refractivity contribution in [2.24, 2.45) is 0 Å². The van der Waals surface area contributed by atoms with E-state index in [4.69, 9.17) is 9.47 Å².